The molecule has 0 fully saturated rings. The molecule has 0 aliphatic carbocycles. The molecule has 0 saturated carbocycles. The molecular formula is C20H22N2O3. The van der Waals surface area contributed by atoms with E-state index in [1.54, 1.807) is 20.2 Å². The van der Waals surface area contributed by atoms with Gasteiger partial charge in [0.25, 0.3) is 11.8 Å². The maximum atomic E-state index is 12.3. The second-order valence-electron chi connectivity index (χ2n) is 6.15. The van der Waals surface area contributed by atoms with Gasteiger partial charge >= 0.3 is 0 Å². The first-order valence-electron chi connectivity index (χ1n) is 8.38. The Balaban J connectivity index is 2.27. The van der Waals surface area contributed by atoms with E-state index in [0.29, 0.717) is 23.5 Å². The maximum absolute atomic E-state index is 12.3. The highest BCUT2D eigenvalue weighted by atomic mass is 16.5. The zero-order chi connectivity index (χ0) is 18.0. The van der Waals surface area contributed by atoms with Crippen LogP contribution in [0.1, 0.15) is 45.2 Å². The summed E-state index contributed by atoms with van der Waals surface area (Å²) in [5.41, 5.74) is 2.49. The van der Waals surface area contributed by atoms with E-state index in [0.717, 1.165) is 17.5 Å². The van der Waals surface area contributed by atoms with Crippen molar-refractivity contribution in [3.8, 4) is 5.75 Å². The number of ether oxygens (including phenoxy) is 1. The summed E-state index contributed by atoms with van der Waals surface area (Å²) in [6.07, 6.45) is 0.800. The first-order chi connectivity index (χ1) is 12.1. The van der Waals surface area contributed by atoms with E-state index >= 15 is 0 Å². The van der Waals surface area contributed by atoms with E-state index in [1.807, 2.05) is 24.3 Å². The van der Waals surface area contributed by atoms with E-state index < -0.39 is 0 Å². The normalized spacial score (nSPS) is 18.2. The lowest BCUT2D eigenvalue weighted by atomic mass is 9.73. The van der Waals surface area contributed by atoms with Gasteiger partial charge in [0.2, 0.25) is 0 Å². The zero-order valence-electron chi connectivity index (χ0n) is 14.7. The molecule has 2 aromatic rings. The number of carbonyl (C=O) groups is 2. The molecule has 1 heterocycles. The van der Waals surface area contributed by atoms with E-state index in [-0.39, 0.29) is 17.2 Å². The summed E-state index contributed by atoms with van der Waals surface area (Å²) in [5.74, 6) is 0.0811. The van der Waals surface area contributed by atoms with Crippen LogP contribution in [0.15, 0.2) is 42.5 Å². The summed E-state index contributed by atoms with van der Waals surface area (Å²) in [6, 6.07) is 13.5. The Morgan fingerprint density at radius 1 is 1.08 bits per heavy atom. The quantitative estimate of drug-likeness (QED) is 0.900. The number of hydrogen-bond acceptors (Lipinski definition) is 3. The predicted octanol–water partition coefficient (Wildman–Crippen LogP) is 2.49. The second-order valence-corrected chi connectivity index (χ2v) is 6.15. The van der Waals surface area contributed by atoms with Gasteiger partial charge in [-0.3, -0.25) is 9.59 Å². The Bertz CT molecular complexity index is 817. The van der Waals surface area contributed by atoms with Crippen LogP contribution in [-0.4, -0.2) is 32.5 Å². The highest BCUT2D eigenvalue weighted by molar-refractivity contribution is 6.02. The minimum absolute atomic E-state index is 0.224. The van der Waals surface area contributed by atoms with Gasteiger partial charge in [-0.05, 0) is 24.1 Å². The molecular weight excluding hydrogens is 316 g/mol. The minimum atomic E-state index is -0.372. The van der Waals surface area contributed by atoms with Crippen LogP contribution in [0.25, 0.3) is 0 Å². The van der Waals surface area contributed by atoms with Crippen LogP contribution in [0.2, 0.25) is 0 Å². The van der Waals surface area contributed by atoms with E-state index in [2.05, 4.69) is 29.7 Å². The molecule has 3 rings (SSSR count). The Morgan fingerprint density at radius 3 is 2.36 bits per heavy atom. The van der Waals surface area contributed by atoms with Gasteiger partial charge in [-0.1, -0.05) is 37.3 Å². The molecule has 2 amide bonds. The summed E-state index contributed by atoms with van der Waals surface area (Å²) >= 11 is 0. The van der Waals surface area contributed by atoms with Crippen LogP contribution in [-0.2, 0) is 5.41 Å². The van der Waals surface area contributed by atoms with Crippen molar-refractivity contribution in [1.82, 2.24) is 10.6 Å². The number of nitrogens with one attached hydrogen (secondary N) is 2. The number of carbonyl (C=O) groups excluding carboxylic acids is 2. The van der Waals surface area contributed by atoms with Crippen LogP contribution in [0.3, 0.4) is 0 Å². The molecule has 1 aliphatic heterocycles. The standard InChI is InChI=1S/C20H22N2O3/c1-4-20(14-8-6-5-7-9-14)12-25-17-15(19(24)22-3)10-13(11-16(17)20)18(23)21-2/h5-11H,4,12H2,1-3H3,(H,21,23)(H,22,24)/t20-/m0/s1. The molecule has 5 nitrogen and oxygen atoms in total. The van der Waals surface area contributed by atoms with Gasteiger partial charge in [-0.25, -0.2) is 0 Å². The fourth-order valence-electron chi connectivity index (χ4n) is 3.48. The molecule has 5 heteroatoms. The highest BCUT2D eigenvalue weighted by Gasteiger charge is 2.43. The van der Waals surface area contributed by atoms with Crippen LogP contribution in [0, 0.1) is 0 Å². The number of hydrogen-bond donors (Lipinski definition) is 2. The number of fused-ring (bicyclic) bond motifs is 1. The van der Waals surface area contributed by atoms with Crippen molar-refractivity contribution in [3.05, 3.63) is 64.7 Å². The Labute approximate surface area is 147 Å². The third-order valence-corrected chi connectivity index (χ3v) is 4.96. The predicted molar refractivity (Wildman–Crippen MR) is 96.2 cm³/mol. The van der Waals surface area contributed by atoms with Gasteiger partial charge in [-0.2, -0.15) is 0 Å². The molecule has 0 aromatic heterocycles. The smallest absolute Gasteiger partial charge is 0.254 e. The fraction of sp³-hybridized carbons (Fsp3) is 0.300. The van der Waals surface area contributed by atoms with Crippen LogP contribution in [0.4, 0.5) is 0 Å². The first kappa shape index (κ1) is 17.0. The molecule has 0 spiro atoms. The largest absolute Gasteiger partial charge is 0.491 e. The minimum Gasteiger partial charge on any atom is -0.491 e. The fourth-order valence-corrected chi connectivity index (χ4v) is 3.48. The maximum Gasteiger partial charge on any atom is 0.254 e. The molecule has 25 heavy (non-hydrogen) atoms. The molecule has 130 valence electrons. The number of rotatable bonds is 4. The lowest BCUT2D eigenvalue weighted by Crippen LogP contribution is -2.29. The topological polar surface area (TPSA) is 67.4 Å². The SMILES string of the molecule is CC[C@@]1(c2ccccc2)COc2c(C(=O)NC)cc(C(=O)NC)cc21. The average Bonchev–Trinajstić information content (AvgIpc) is 3.06. The lowest BCUT2D eigenvalue weighted by Gasteiger charge is -2.27. The van der Waals surface area contributed by atoms with Crippen LogP contribution >= 0.6 is 0 Å². The van der Waals surface area contributed by atoms with Crippen molar-refractivity contribution in [3.63, 3.8) is 0 Å². The average molecular weight is 338 g/mol. The zero-order valence-corrected chi connectivity index (χ0v) is 14.7. The van der Waals surface area contributed by atoms with Crippen LogP contribution < -0.4 is 15.4 Å². The summed E-state index contributed by atoms with van der Waals surface area (Å²) in [7, 11) is 3.15. The van der Waals surface area contributed by atoms with Crippen molar-refractivity contribution in [2.24, 2.45) is 0 Å². The summed E-state index contributed by atoms with van der Waals surface area (Å²) in [6.45, 7) is 2.54. The number of benzene rings is 2. The molecule has 0 bridgehead atoms. The van der Waals surface area contributed by atoms with Gasteiger partial charge < -0.3 is 15.4 Å². The van der Waals surface area contributed by atoms with Crippen molar-refractivity contribution < 1.29 is 14.3 Å². The van der Waals surface area contributed by atoms with Crippen LogP contribution in [0.5, 0.6) is 5.75 Å². The van der Waals surface area contributed by atoms with E-state index in [4.69, 9.17) is 4.74 Å². The molecule has 0 unspecified atom stereocenters. The third kappa shape index (κ3) is 2.65. The van der Waals surface area contributed by atoms with Crippen molar-refractivity contribution in [2.45, 2.75) is 18.8 Å². The molecule has 1 atom stereocenters. The molecule has 2 aromatic carbocycles. The Hall–Kier alpha value is -2.82. The molecule has 0 saturated heterocycles. The molecule has 0 radical (unpaired) electrons. The Kier molecular flexibility index (Phi) is 4.49. The molecule has 2 N–H and O–H groups in total. The third-order valence-electron chi connectivity index (χ3n) is 4.96. The van der Waals surface area contributed by atoms with Gasteiger partial charge in [0.05, 0.1) is 11.0 Å². The van der Waals surface area contributed by atoms with Crippen molar-refractivity contribution >= 4 is 11.8 Å². The van der Waals surface area contributed by atoms with Gasteiger partial charge in [0.15, 0.2) is 0 Å². The summed E-state index contributed by atoms with van der Waals surface area (Å²) in [4.78, 5) is 24.6. The first-order valence-corrected chi connectivity index (χ1v) is 8.38. The van der Waals surface area contributed by atoms with Gasteiger partial charge in [0.1, 0.15) is 12.4 Å². The Morgan fingerprint density at radius 2 is 1.76 bits per heavy atom. The van der Waals surface area contributed by atoms with E-state index in [9.17, 15) is 9.59 Å². The monoisotopic (exact) mass is 338 g/mol. The van der Waals surface area contributed by atoms with Gasteiger partial charge in [0, 0.05) is 25.2 Å². The highest BCUT2D eigenvalue weighted by Crippen LogP contribution is 2.47. The van der Waals surface area contributed by atoms with Gasteiger partial charge in [-0.15, -0.1) is 0 Å². The van der Waals surface area contributed by atoms with E-state index in [1.165, 1.54) is 0 Å². The lowest BCUT2D eigenvalue weighted by molar-refractivity contribution is 0.0959. The molecule has 1 aliphatic rings. The number of amides is 2. The summed E-state index contributed by atoms with van der Waals surface area (Å²) in [5, 5.41) is 5.26. The second kappa shape index (κ2) is 6.59. The summed E-state index contributed by atoms with van der Waals surface area (Å²) < 4.78 is 5.99. The van der Waals surface area contributed by atoms with Crippen molar-refractivity contribution in [1.29, 1.82) is 0 Å². The van der Waals surface area contributed by atoms with Crippen molar-refractivity contribution in [2.75, 3.05) is 20.7 Å².